The lowest BCUT2D eigenvalue weighted by Crippen LogP contribution is -2.35. The Kier molecular flexibility index (Phi) is 3.42. The maximum atomic E-state index is 4.12. The van der Waals surface area contributed by atoms with Gasteiger partial charge in [-0.1, -0.05) is 13.8 Å². The highest BCUT2D eigenvalue weighted by atomic mass is 15.2. The smallest absolute Gasteiger partial charge is 0.0833 e. The molecule has 0 N–H and O–H groups in total. The minimum absolute atomic E-state index is 0.818. The second-order valence-electron chi connectivity index (χ2n) is 5.07. The molecule has 16 heavy (non-hydrogen) atoms. The molecule has 0 atom stereocenters. The lowest BCUT2D eigenvalue weighted by Gasteiger charge is -2.35. The van der Waals surface area contributed by atoms with Crippen molar-refractivity contribution in [2.75, 3.05) is 18.0 Å². The predicted molar refractivity (Wildman–Crippen MR) is 66.5 cm³/mol. The predicted octanol–water partition coefficient (Wildman–Crippen LogP) is 2.66. The summed E-state index contributed by atoms with van der Waals surface area (Å²) in [5.41, 5.74) is 2.31. The Morgan fingerprint density at radius 2 is 2.00 bits per heavy atom. The van der Waals surface area contributed by atoms with E-state index in [2.05, 4.69) is 35.0 Å². The Morgan fingerprint density at radius 3 is 2.56 bits per heavy atom. The second-order valence-corrected chi connectivity index (χ2v) is 5.07. The van der Waals surface area contributed by atoms with Gasteiger partial charge in [-0.2, -0.15) is 10.2 Å². The average molecular weight is 219 g/mol. The molecule has 0 unspecified atom stereocenters. The maximum Gasteiger partial charge on any atom is 0.0833 e. The van der Waals surface area contributed by atoms with Crippen LogP contribution in [0, 0.1) is 18.8 Å². The molecule has 1 saturated heterocycles. The Hall–Kier alpha value is -1.12. The van der Waals surface area contributed by atoms with Gasteiger partial charge < -0.3 is 4.90 Å². The molecule has 0 aliphatic carbocycles. The first kappa shape index (κ1) is 11.4. The minimum atomic E-state index is 0.818. The molecule has 0 amide bonds. The average Bonchev–Trinajstić information content (AvgIpc) is 2.30. The number of nitrogens with zero attached hydrogens (tertiary/aromatic N) is 3. The van der Waals surface area contributed by atoms with Gasteiger partial charge in [0.1, 0.15) is 0 Å². The molecule has 1 aromatic heterocycles. The van der Waals surface area contributed by atoms with Crippen LogP contribution in [0.4, 0.5) is 5.69 Å². The van der Waals surface area contributed by atoms with Crippen molar-refractivity contribution in [2.24, 2.45) is 11.8 Å². The first-order chi connectivity index (χ1) is 7.68. The Bertz CT molecular complexity index is 341. The van der Waals surface area contributed by atoms with E-state index >= 15 is 0 Å². The summed E-state index contributed by atoms with van der Waals surface area (Å²) >= 11 is 0. The fourth-order valence-corrected chi connectivity index (χ4v) is 2.54. The highest BCUT2D eigenvalue weighted by molar-refractivity contribution is 5.49. The minimum Gasteiger partial charge on any atom is -0.370 e. The van der Waals surface area contributed by atoms with Gasteiger partial charge >= 0.3 is 0 Å². The van der Waals surface area contributed by atoms with E-state index in [1.165, 1.54) is 18.5 Å². The molecule has 0 radical (unpaired) electrons. The van der Waals surface area contributed by atoms with Gasteiger partial charge in [-0.05, 0) is 37.7 Å². The number of aryl methyl sites for hydroxylation is 1. The van der Waals surface area contributed by atoms with E-state index in [4.69, 9.17) is 0 Å². The van der Waals surface area contributed by atoms with Crippen LogP contribution in [-0.4, -0.2) is 23.3 Å². The molecular weight excluding hydrogens is 198 g/mol. The number of aromatic nitrogens is 2. The number of hydrogen-bond donors (Lipinski definition) is 0. The summed E-state index contributed by atoms with van der Waals surface area (Å²) in [5, 5.41) is 8.02. The number of piperidine rings is 1. The normalized spacial score (nSPS) is 18.1. The molecule has 2 heterocycles. The molecule has 0 aromatic carbocycles. The summed E-state index contributed by atoms with van der Waals surface area (Å²) in [4.78, 5) is 2.45. The molecule has 1 aliphatic heterocycles. The van der Waals surface area contributed by atoms with Gasteiger partial charge in [-0.25, -0.2) is 0 Å². The van der Waals surface area contributed by atoms with Crippen LogP contribution in [-0.2, 0) is 0 Å². The summed E-state index contributed by atoms with van der Waals surface area (Å²) in [6, 6.07) is 2.08. The monoisotopic (exact) mass is 219 g/mol. The van der Waals surface area contributed by atoms with Crippen molar-refractivity contribution in [2.45, 2.75) is 33.6 Å². The van der Waals surface area contributed by atoms with Crippen LogP contribution < -0.4 is 4.90 Å². The fraction of sp³-hybridized carbons (Fsp3) is 0.692. The van der Waals surface area contributed by atoms with Gasteiger partial charge in [0, 0.05) is 13.1 Å². The third-order valence-corrected chi connectivity index (χ3v) is 3.70. The van der Waals surface area contributed by atoms with E-state index in [1.54, 1.807) is 6.20 Å². The van der Waals surface area contributed by atoms with Crippen molar-refractivity contribution in [1.82, 2.24) is 10.2 Å². The molecule has 1 fully saturated rings. The molecule has 0 bridgehead atoms. The number of hydrogen-bond acceptors (Lipinski definition) is 3. The topological polar surface area (TPSA) is 29.0 Å². The fourth-order valence-electron chi connectivity index (χ4n) is 2.54. The van der Waals surface area contributed by atoms with E-state index in [0.717, 1.165) is 30.6 Å². The number of anilines is 1. The van der Waals surface area contributed by atoms with Gasteiger partial charge in [0.2, 0.25) is 0 Å². The lowest BCUT2D eigenvalue weighted by atomic mass is 9.86. The van der Waals surface area contributed by atoms with E-state index in [9.17, 15) is 0 Å². The Morgan fingerprint density at radius 1 is 1.31 bits per heavy atom. The van der Waals surface area contributed by atoms with Crippen LogP contribution in [0.15, 0.2) is 12.3 Å². The third kappa shape index (κ3) is 2.34. The van der Waals surface area contributed by atoms with Crippen LogP contribution >= 0.6 is 0 Å². The molecule has 0 saturated carbocycles. The van der Waals surface area contributed by atoms with Crippen molar-refractivity contribution in [1.29, 1.82) is 0 Å². The SMILES string of the molecule is Cc1nnccc1N1CCC(C(C)C)CC1. The summed E-state index contributed by atoms with van der Waals surface area (Å²) in [6.07, 6.45) is 4.40. The zero-order valence-electron chi connectivity index (χ0n) is 10.5. The van der Waals surface area contributed by atoms with Crippen molar-refractivity contribution in [3.05, 3.63) is 18.0 Å². The van der Waals surface area contributed by atoms with Crippen LogP contribution in [0.25, 0.3) is 0 Å². The Labute approximate surface area is 97.9 Å². The first-order valence-electron chi connectivity index (χ1n) is 6.21. The second kappa shape index (κ2) is 4.81. The van der Waals surface area contributed by atoms with Crippen molar-refractivity contribution < 1.29 is 0 Å². The molecule has 88 valence electrons. The van der Waals surface area contributed by atoms with Gasteiger partial charge in [0.05, 0.1) is 17.6 Å². The summed E-state index contributed by atoms with van der Waals surface area (Å²) in [7, 11) is 0. The van der Waals surface area contributed by atoms with Crippen molar-refractivity contribution in [3.8, 4) is 0 Å². The van der Waals surface area contributed by atoms with Gasteiger partial charge in [-0.3, -0.25) is 0 Å². The van der Waals surface area contributed by atoms with E-state index in [-0.39, 0.29) is 0 Å². The summed E-state index contributed by atoms with van der Waals surface area (Å²) in [6.45, 7) is 9.03. The molecule has 1 aromatic rings. The third-order valence-electron chi connectivity index (χ3n) is 3.70. The Balaban J connectivity index is 2.02. The van der Waals surface area contributed by atoms with Crippen LogP contribution in [0.2, 0.25) is 0 Å². The van der Waals surface area contributed by atoms with Crippen LogP contribution in [0.5, 0.6) is 0 Å². The zero-order valence-corrected chi connectivity index (χ0v) is 10.5. The first-order valence-corrected chi connectivity index (χ1v) is 6.21. The summed E-state index contributed by atoms with van der Waals surface area (Å²) < 4.78 is 0. The van der Waals surface area contributed by atoms with E-state index in [1.807, 2.05) is 6.92 Å². The zero-order chi connectivity index (χ0) is 11.5. The standard InChI is InChI=1S/C13H21N3/c1-10(2)12-5-8-16(9-6-12)13-4-7-14-15-11(13)3/h4,7,10,12H,5-6,8-9H2,1-3H3. The lowest BCUT2D eigenvalue weighted by molar-refractivity contribution is 0.311. The van der Waals surface area contributed by atoms with E-state index in [0.29, 0.717) is 0 Å². The molecular formula is C13H21N3. The van der Waals surface area contributed by atoms with Gasteiger partial charge in [0.25, 0.3) is 0 Å². The number of rotatable bonds is 2. The van der Waals surface area contributed by atoms with Crippen LogP contribution in [0.3, 0.4) is 0 Å². The van der Waals surface area contributed by atoms with Gasteiger partial charge in [0.15, 0.2) is 0 Å². The molecule has 2 rings (SSSR count). The largest absolute Gasteiger partial charge is 0.370 e. The quantitative estimate of drug-likeness (QED) is 0.765. The van der Waals surface area contributed by atoms with E-state index < -0.39 is 0 Å². The van der Waals surface area contributed by atoms with Gasteiger partial charge in [-0.15, -0.1) is 0 Å². The maximum absolute atomic E-state index is 4.12. The molecule has 0 spiro atoms. The van der Waals surface area contributed by atoms with Crippen molar-refractivity contribution in [3.63, 3.8) is 0 Å². The highest BCUT2D eigenvalue weighted by Crippen LogP contribution is 2.28. The molecule has 3 nitrogen and oxygen atoms in total. The van der Waals surface area contributed by atoms with Crippen LogP contribution in [0.1, 0.15) is 32.4 Å². The molecule has 3 heteroatoms. The highest BCUT2D eigenvalue weighted by Gasteiger charge is 2.22. The summed E-state index contributed by atoms with van der Waals surface area (Å²) in [5.74, 6) is 1.71. The van der Waals surface area contributed by atoms with Crippen molar-refractivity contribution >= 4 is 5.69 Å². The molecule has 1 aliphatic rings.